The largest absolute Gasteiger partial charge is 0.497 e. The van der Waals surface area contributed by atoms with Crippen LogP contribution in [0.5, 0.6) is 5.75 Å². The van der Waals surface area contributed by atoms with Gasteiger partial charge in [0.05, 0.1) is 13.2 Å². The molecule has 0 N–H and O–H groups in total. The van der Waals surface area contributed by atoms with E-state index in [0.29, 0.717) is 12.5 Å². The fraction of sp³-hybridized carbons (Fsp3) is 0.458. The number of hydrogen-bond donors (Lipinski definition) is 0. The Kier molecular flexibility index (Phi) is 5.15. The van der Waals surface area contributed by atoms with Gasteiger partial charge in [-0.15, -0.1) is 0 Å². The summed E-state index contributed by atoms with van der Waals surface area (Å²) in [6.45, 7) is 8.28. The number of fused-ring (bicyclic) bond motifs is 3. The lowest BCUT2D eigenvalue weighted by molar-refractivity contribution is -0.134. The fourth-order valence-corrected chi connectivity index (χ4v) is 4.77. The predicted molar refractivity (Wildman–Crippen MR) is 112 cm³/mol. The molecule has 1 atom stereocenters. The third-order valence-electron chi connectivity index (χ3n) is 6.25. The van der Waals surface area contributed by atoms with Gasteiger partial charge in [-0.25, -0.2) is 0 Å². The smallest absolute Gasteiger partial charge is 0.223 e. The molecule has 4 nitrogen and oxygen atoms in total. The minimum atomic E-state index is 0.158. The Balaban J connectivity index is 1.45. The summed E-state index contributed by atoms with van der Waals surface area (Å²) in [6.07, 6.45) is 1.30. The lowest BCUT2D eigenvalue weighted by atomic mass is 9.75. The molecule has 1 saturated heterocycles. The number of nitrogens with zero attached hydrogens (tertiary/aromatic N) is 2. The van der Waals surface area contributed by atoms with Crippen molar-refractivity contribution in [3.8, 4) is 5.75 Å². The number of carbonyl (C=O) groups excluding carboxylic acids is 1. The second-order valence-corrected chi connectivity index (χ2v) is 8.65. The third kappa shape index (κ3) is 3.66. The Labute approximate surface area is 168 Å². The van der Waals surface area contributed by atoms with Gasteiger partial charge in [-0.05, 0) is 35.2 Å². The minimum Gasteiger partial charge on any atom is -0.497 e. The van der Waals surface area contributed by atoms with E-state index in [-0.39, 0.29) is 11.3 Å². The average molecular weight is 379 g/mol. The molecule has 2 aliphatic heterocycles. The maximum atomic E-state index is 12.9. The molecule has 2 aromatic carbocycles. The number of aryl methyl sites for hydroxylation is 1. The average Bonchev–Trinajstić information content (AvgIpc) is 2.72. The van der Waals surface area contributed by atoms with Crippen LogP contribution in [0.15, 0.2) is 48.5 Å². The topological polar surface area (TPSA) is 32.8 Å². The molecule has 0 spiro atoms. The van der Waals surface area contributed by atoms with Crippen molar-refractivity contribution in [3.63, 3.8) is 0 Å². The molecule has 1 amide bonds. The number of hydrogen-bond acceptors (Lipinski definition) is 3. The molecule has 0 aliphatic carbocycles. The first-order valence-electron chi connectivity index (χ1n) is 10.2. The molecular formula is C24H30N2O2. The van der Waals surface area contributed by atoms with Gasteiger partial charge in [0.15, 0.2) is 0 Å². The van der Waals surface area contributed by atoms with Crippen molar-refractivity contribution >= 4 is 5.91 Å². The van der Waals surface area contributed by atoms with Crippen LogP contribution in [0.25, 0.3) is 0 Å². The van der Waals surface area contributed by atoms with Crippen molar-refractivity contribution in [1.82, 2.24) is 9.80 Å². The van der Waals surface area contributed by atoms with Crippen LogP contribution in [0.2, 0.25) is 0 Å². The zero-order valence-electron chi connectivity index (χ0n) is 17.1. The third-order valence-corrected chi connectivity index (χ3v) is 6.25. The summed E-state index contributed by atoms with van der Waals surface area (Å²) in [5, 5.41) is 0. The molecule has 2 heterocycles. The molecule has 0 bridgehead atoms. The summed E-state index contributed by atoms with van der Waals surface area (Å²) in [6, 6.07) is 17.1. The summed E-state index contributed by atoms with van der Waals surface area (Å²) in [4.78, 5) is 17.5. The second kappa shape index (κ2) is 7.59. The molecule has 0 radical (unpaired) electrons. The second-order valence-electron chi connectivity index (χ2n) is 8.65. The number of methoxy groups -OCH3 is 1. The molecule has 1 unspecified atom stereocenters. The summed E-state index contributed by atoms with van der Waals surface area (Å²) < 4.78 is 5.29. The van der Waals surface area contributed by atoms with Crippen LogP contribution < -0.4 is 4.74 Å². The van der Waals surface area contributed by atoms with Gasteiger partial charge in [-0.1, -0.05) is 50.2 Å². The van der Waals surface area contributed by atoms with Gasteiger partial charge in [-0.3, -0.25) is 9.69 Å². The lowest BCUT2D eigenvalue weighted by Gasteiger charge is -2.50. The Morgan fingerprint density at radius 2 is 1.96 bits per heavy atom. The van der Waals surface area contributed by atoms with Crippen molar-refractivity contribution in [3.05, 3.63) is 65.2 Å². The summed E-state index contributed by atoms with van der Waals surface area (Å²) in [7, 11) is 1.67. The summed E-state index contributed by atoms with van der Waals surface area (Å²) in [5.74, 6) is 1.10. The van der Waals surface area contributed by atoms with Crippen molar-refractivity contribution in [2.45, 2.75) is 38.1 Å². The number of carbonyl (C=O) groups is 1. The van der Waals surface area contributed by atoms with Gasteiger partial charge in [0, 0.05) is 38.0 Å². The summed E-state index contributed by atoms with van der Waals surface area (Å²) in [5.41, 5.74) is 4.13. The van der Waals surface area contributed by atoms with Crippen LogP contribution in [0.1, 0.15) is 43.0 Å². The van der Waals surface area contributed by atoms with E-state index in [1.807, 2.05) is 18.2 Å². The number of benzene rings is 2. The molecule has 4 heteroatoms. The Hall–Kier alpha value is -2.33. The molecule has 2 aromatic rings. The Bertz CT molecular complexity index is 861. The van der Waals surface area contributed by atoms with E-state index < -0.39 is 0 Å². The molecular weight excluding hydrogens is 348 g/mol. The lowest BCUT2D eigenvalue weighted by Crippen LogP contribution is -2.55. The first kappa shape index (κ1) is 19.0. The number of ether oxygens (including phenoxy) is 1. The van der Waals surface area contributed by atoms with E-state index in [0.717, 1.165) is 43.9 Å². The van der Waals surface area contributed by atoms with Crippen LogP contribution in [-0.4, -0.2) is 49.0 Å². The zero-order valence-corrected chi connectivity index (χ0v) is 17.1. The molecule has 148 valence electrons. The number of piperazine rings is 1. The van der Waals surface area contributed by atoms with E-state index in [2.05, 4.69) is 54.0 Å². The van der Waals surface area contributed by atoms with E-state index in [4.69, 9.17) is 4.74 Å². The van der Waals surface area contributed by atoms with Crippen LogP contribution in [-0.2, 0) is 16.6 Å². The maximum Gasteiger partial charge on any atom is 0.223 e. The SMILES string of the molecule is COc1cccc(CCC(=O)N2CCN3CC(C)(C)c4ccccc4C3C2)c1. The molecule has 0 saturated carbocycles. The first-order valence-corrected chi connectivity index (χ1v) is 10.2. The minimum absolute atomic E-state index is 0.158. The van der Waals surface area contributed by atoms with E-state index in [1.54, 1.807) is 7.11 Å². The standard InChI is InChI=1S/C24H30N2O2/c1-24(2)17-26-14-13-25(16-22(26)20-9-4-5-10-21(20)24)23(27)12-11-18-7-6-8-19(15-18)28-3/h4-10,15,22H,11-14,16-17H2,1-3H3. The highest BCUT2D eigenvalue weighted by Gasteiger charge is 2.40. The van der Waals surface area contributed by atoms with Crippen LogP contribution >= 0.6 is 0 Å². The Morgan fingerprint density at radius 3 is 2.79 bits per heavy atom. The van der Waals surface area contributed by atoms with E-state index in [9.17, 15) is 4.79 Å². The van der Waals surface area contributed by atoms with Gasteiger partial charge < -0.3 is 9.64 Å². The maximum absolute atomic E-state index is 12.9. The van der Waals surface area contributed by atoms with Gasteiger partial charge in [0.25, 0.3) is 0 Å². The normalized spacial score (nSPS) is 21.0. The monoisotopic (exact) mass is 378 g/mol. The molecule has 1 fully saturated rings. The zero-order chi connectivity index (χ0) is 19.7. The van der Waals surface area contributed by atoms with Crippen molar-refractivity contribution in [2.75, 3.05) is 33.3 Å². The highest BCUT2D eigenvalue weighted by molar-refractivity contribution is 5.76. The van der Waals surface area contributed by atoms with Crippen LogP contribution in [0, 0.1) is 0 Å². The molecule has 0 aromatic heterocycles. The molecule has 2 aliphatic rings. The van der Waals surface area contributed by atoms with Crippen LogP contribution in [0.3, 0.4) is 0 Å². The Morgan fingerprint density at radius 1 is 1.14 bits per heavy atom. The number of amides is 1. The van der Waals surface area contributed by atoms with Crippen molar-refractivity contribution < 1.29 is 9.53 Å². The van der Waals surface area contributed by atoms with Gasteiger partial charge in [0.1, 0.15) is 5.75 Å². The predicted octanol–water partition coefficient (Wildman–Crippen LogP) is 3.80. The fourth-order valence-electron chi connectivity index (χ4n) is 4.77. The van der Waals surface area contributed by atoms with E-state index in [1.165, 1.54) is 11.1 Å². The molecule has 28 heavy (non-hydrogen) atoms. The quantitative estimate of drug-likeness (QED) is 0.811. The van der Waals surface area contributed by atoms with Gasteiger partial charge >= 0.3 is 0 Å². The highest BCUT2D eigenvalue weighted by Crippen LogP contribution is 2.41. The van der Waals surface area contributed by atoms with Crippen molar-refractivity contribution in [2.24, 2.45) is 0 Å². The number of rotatable bonds is 4. The van der Waals surface area contributed by atoms with Crippen LogP contribution in [0.4, 0.5) is 0 Å². The summed E-state index contributed by atoms with van der Waals surface area (Å²) >= 11 is 0. The molecule has 4 rings (SSSR count). The van der Waals surface area contributed by atoms with Gasteiger partial charge in [0.2, 0.25) is 5.91 Å². The van der Waals surface area contributed by atoms with Crippen molar-refractivity contribution in [1.29, 1.82) is 0 Å². The van der Waals surface area contributed by atoms with Gasteiger partial charge in [-0.2, -0.15) is 0 Å². The first-order chi connectivity index (χ1) is 13.5. The highest BCUT2D eigenvalue weighted by atomic mass is 16.5. The van der Waals surface area contributed by atoms with E-state index >= 15 is 0 Å².